The molecule has 2 fully saturated rings. The zero-order valence-corrected chi connectivity index (χ0v) is 17.1. The molecule has 2 aromatic rings. The molecule has 4 heterocycles. The summed E-state index contributed by atoms with van der Waals surface area (Å²) in [4.78, 5) is 15.9. The highest BCUT2D eigenvalue weighted by molar-refractivity contribution is 7.92. The Bertz CT molecular complexity index is 1090. The molecular weight excluding hydrogens is 388 g/mol. The number of nitrogens with one attached hydrogen (secondary N) is 1. The molecule has 0 saturated carbocycles. The highest BCUT2D eigenvalue weighted by Gasteiger charge is 2.44. The van der Waals surface area contributed by atoms with Crippen LogP contribution >= 0.6 is 0 Å². The second-order valence-electron chi connectivity index (χ2n) is 8.44. The third kappa shape index (κ3) is 3.14. The predicted octanol–water partition coefficient (Wildman–Crippen LogP) is 2.20. The van der Waals surface area contributed by atoms with Gasteiger partial charge in [0.05, 0.1) is 4.90 Å². The Labute approximate surface area is 170 Å². The number of rotatable bonds is 3. The van der Waals surface area contributed by atoms with Gasteiger partial charge in [0.15, 0.2) is 0 Å². The van der Waals surface area contributed by atoms with Gasteiger partial charge in [-0.15, -0.1) is 0 Å². The predicted molar refractivity (Wildman–Crippen MR) is 112 cm³/mol. The number of nitrogens with zero attached hydrogens (tertiary/aromatic N) is 2. The van der Waals surface area contributed by atoms with Crippen molar-refractivity contribution in [2.75, 3.05) is 23.5 Å². The number of hydrogen-bond acceptors (Lipinski definition) is 5. The van der Waals surface area contributed by atoms with Crippen LogP contribution < -0.4 is 16.0 Å². The molecule has 3 aliphatic rings. The number of piperidine rings is 2. The van der Waals surface area contributed by atoms with Crippen LogP contribution in [-0.2, 0) is 16.6 Å². The number of fused-ring (bicyclic) bond motifs is 2. The van der Waals surface area contributed by atoms with Crippen LogP contribution in [0.1, 0.15) is 37.3 Å². The fourth-order valence-corrected chi connectivity index (χ4v) is 6.55. The number of aromatic nitrogens is 1. The van der Waals surface area contributed by atoms with Crippen molar-refractivity contribution in [2.45, 2.75) is 49.1 Å². The lowest BCUT2D eigenvalue weighted by Gasteiger charge is -2.52. The van der Waals surface area contributed by atoms with Gasteiger partial charge < -0.3 is 10.3 Å². The van der Waals surface area contributed by atoms with E-state index in [1.54, 1.807) is 6.07 Å². The quantitative estimate of drug-likeness (QED) is 0.751. The lowest BCUT2D eigenvalue weighted by atomic mass is 9.72. The lowest BCUT2D eigenvalue weighted by molar-refractivity contribution is 0.0181. The molecule has 8 heteroatoms. The molecule has 29 heavy (non-hydrogen) atoms. The normalized spacial score (nSPS) is 26.4. The van der Waals surface area contributed by atoms with Crippen LogP contribution in [0.15, 0.2) is 46.1 Å². The summed E-state index contributed by atoms with van der Waals surface area (Å²) in [6.07, 6.45) is 4.54. The number of anilines is 2. The second kappa shape index (κ2) is 6.88. The molecule has 3 aliphatic heterocycles. The summed E-state index contributed by atoms with van der Waals surface area (Å²) in [6, 6.07) is 10.0. The van der Waals surface area contributed by atoms with Gasteiger partial charge in [-0.05, 0) is 81.1 Å². The average Bonchev–Trinajstić information content (AvgIpc) is 2.71. The van der Waals surface area contributed by atoms with E-state index in [9.17, 15) is 13.2 Å². The third-order valence-corrected chi connectivity index (χ3v) is 8.12. The van der Waals surface area contributed by atoms with Gasteiger partial charge in [0.25, 0.3) is 15.6 Å². The van der Waals surface area contributed by atoms with Crippen LogP contribution in [0.4, 0.5) is 11.4 Å². The van der Waals surface area contributed by atoms with Crippen molar-refractivity contribution in [2.24, 2.45) is 5.92 Å². The first kappa shape index (κ1) is 18.7. The Kier molecular flexibility index (Phi) is 4.43. The fraction of sp³-hybridized carbons (Fsp3) is 0.476. The minimum Gasteiger partial charge on any atom is -0.399 e. The van der Waals surface area contributed by atoms with Crippen molar-refractivity contribution < 1.29 is 8.42 Å². The molecule has 0 spiro atoms. The van der Waals surface area contributed by atoms with Crippen molar-refractivity contribution in [1.82, 2.24) is 9.47 Å². The van der Waals surface area contributed by atoms with Gasteiger partial charge in [-0.2, -0.15) is 0 Å². The number of nitrogen functional groups attached to an aromatic ring is 1. The van der Waals surface area contributed by atoms with Crippen molar-refractivity contribution in [1.29, 1.82) is 0 Å². The molecule has 0 aliphatic carbocycles. The lowest BCUT2D eigenvalue weighted by Crippen LogP contribution is -2.56. The molecule has 2 saturated heterocycles. The van der Waals surface area contributed by atoms with Crippen LogP contribution in [0.3, 0.4) is 0 Å². The van der Waals surface area contributed by atoms with E-state index in [-0.39, 0.29) is 16.1 Å². The topological polar surface area (TPSA) is 97.4 Å². The fourth-order valence-electron chi connectivity index (χ4n) is 5.49. The summed E-state index contributed by atoms with van der Waals surface area (Å²) in [5, 5.41) is 0. The van der Waals surface area contributed by atoms with Crippen LogP contribution in [0, 0.1) is 5.92 Å². The van der Waals surface area contributed by atoms with E-state index in [0.29, 0.717) is 30.1 Å². The van der Waals surface area contributed by atoms with E-state index in [4.69, 9.17) is 5.73 Å². The zero-order chi connectivity index (χ0) is 20.2. The van der Waals surface area contributed by atoms with Crippen molar-refractivity contribution in [3.05, 3.63) is 52.4 Å². The standard InChI is InChI=1S/C21H26N4O3S/c22-15-5-7-16(8-6-15)29(27,28)23-18-9-10-19-17-4-2-12-24-11-1-3-14(20(17)24)13-25(19)21(18)26/h5-10,14,17,20,23H,1-4,11-13,22H2/t14-,17+,20-/m0/s1. The van der Waals surface area contributed by atoms with Gasteiger partial charge in [-0.1, -0.05) is 0 Å². The molecule has 7 nitrogen and oxygen atoms in total. The average molecular weight is 415 g/mol. The van der Waals surface area contributed by atoms with E-state index in [0.717, 1.165) is 38.0 Å². The van der Waals surface area contributed by atoms with Crippen LogP contribution in [-0.4, -0.2) is 37.0 Å². The van der Waals surface area contributed by atoms with Crippen LogP contribution in [0.25, 0.3) is 0 Å². The number of nitrogens with two attached hydrogens (primary N) is 1. The first-order valence-electron chi connectivity index (χ1n) is 10.3. The smallest absolute Gasteiger partial charge is 0.275 e. The maximum absolute atomic E-state index is 13.2. The first-order valence-corrected chi connectivity index (χ1v) is 11.8. The monoisotopic (exact) mass is 414 g/mol. The van der Waals surface area contributed by atoms with Gasteiger partial charge in [-0.3, -0.25) is 14.4 Å². The van der Waals surface area contributed by atoms with E-state index < -0.39 is 10.0 Å². The van der Waals surface area contributed by atoms with Gasteiger partial charge in [0, 0.05) is 29.9 Å². The Balaban J connectivity index is 1.50. The summed E-state index contributed by atoms with van der Waals surface area (Å²) in [7, 11) is -3.85. The molecular formula is C21H26N4O3S. The Morgan fingerprint density at radius 2 is 1.72 bits per heavy atom. The van der Waals surface area contributed by atoms with Gasteiger partial charge in [-0.25, -0.2) is 8.42 Å². The van der Waals surface area contributed by atoms with Crippen LogP contribution in [0.5, 0.6) is 0 Å². The summed E-state index contributed by atoms with van der Waals surface area (Å²) < 4.78 is 29.8. The highest BCUT2D eigenvalue weighted by Crippen LogP contribution is 2.43. The third-order valence-electron chi connectivity index (χ3n) is 6.74. The van der Waals surface area contributed by atoms with E-state index >= 15 is 0 Å². The maximum Gasteiger partial charge on any atom is 0.275 e. The van der Waals surface area contributed by atoms with E-state index in [1.807, 2.05) is 10.6 Å². The molecule has 0 bridgehead atoms. The Morgan fingerprint density at radius 3 is 2.48 bits per heavy atom. The Morgan fingerprint density at radius 1 is 1.00 bits per heavy atom. The SMILES string of the molecule is Nc1ccc(S(=O)(=O)Nc2ccc3n(c2=O)C[C@@H]2CCCN4CCC[C@H]3[C@H]24)cc1. The molecule has 0 unspecified atom stereocenters. The van der Waals surface area contributed by atoms with Crippen LogP contribution in [0.2, 0.25) is 0 Å². The second-order valence-corrected chi connectivity index (χ2v) is 10.1. The minimum absolute atomic E-state index is 0.0871. The summed E-state index contributed by atoms with van der Waals surface area (Å²) in [5.74, 6) is 0.821. The zero-order valence-electron chi connectivity index (χ0n) is 16.3. The summed E-state index contributed by atoms with van der Waals surface area (Å²) in [5.41, 5.74) is 7.04. The Hall–Kier alpha value is -2.32. The highest BCUT2D eigenvalue weighted by atomic mass is 32.2. The van der Waals surface area contributed by atoms with E-state index in [1.165, 1.54) is 30.7 Å². The number of sulfonamides is 1. The molecule has 0 amide bonds. The van der Waals surface area contributed by atoms with Gasteiger partial charge in [0.1, 0.15) is 5.69 Å². The molecule has 1 aromatic carbocycles. The number of hydrogen-bond donors (Lipinski definition) is 2. The molecule has 3 N–H and O–H groups in total. The van der Waals surface area contributed by atoms with Gasteiger partial charge in [0.2, 0.25) is 0 Å². The number of benzene rings is 1. The summed E-state index contributed by atoms with van der Waals surface area (Å²) >= 11 is 0. The minimum atomic E-state index is -3.85. The summed E-state index contributed by atoms with van der Waals surface area (Å²) in [6.45, 7) is 2.98. The first-order chi connectivity index (χ1) is 13.9. The van der Waals surface area contributed by atoms with Crippen molar-refractivity contribution in [3.63, 3.8) is 0 Å². The maximum atomic E-state index is 13.2. The van der Waals surface area contributed by atoms with E-state index in [2.05, 4.69) is 9.62 Å². The number of pyridine rings is 1. The molecule has 0 radical (unpaired) electrons. The molecule has 3 atom stereocenters. The van der Waals surface area contributed by atoms with Crippen molar-refractivity contribution in [3.8, 4) is 0 Å². The largest absolute Gasteiger partial charge is 0.399 e. The van der Waals surface area contributed by atoms with Crippen molar-refractivity contribution >= 4 is 21.4 Å². The molecule has 5 rings (SSSR count). The van der Waals surface area contributed by atoms with Gasteiger partial charge >= 0.3 is 0 Å². The molecule has 154 valence electrons. The molecule has 1 aromatic heterocycles.